The Morgan fingerprint density at radius 1 is 1.50 bits per heavy atom. The summed E-state index contributed by atoms with van der Waals surface area (Å²) in [6.45, 7) is 4.02. The molecule has 4 heteroatoms. The van der Waals surface area contributed by atoms with Crippen molar-refractivity contribution in [3.05, 3.63) is 0 Å². The van der Waals surface area contributed by atoms with Crippen LogP contribution in [0.5, 0.6) is 0 Å². The summed E-state index contributed by atoms with van der Waals surface area (Å²) in [7, 11) is 3.54. The molecule has 0 saturated carbocycles. The average Bonchev–Trinajstić information content (AvgIpc) is 1.91. The van der Waals surface area contributed by atoms with Gasteiger partial charge in [-0.15, -0.1) is 0 Å². The van der Waals surface area contributed by atoms with Crippen molar-refractivity contribution in [1.29, 1.82) is 5.26 Å². The van der Waals surface area contributed by atoms with Crippen molar-refractivity contribution in [2.24, 2.45) is 0 Å². The second-order valence-electron chi connectivity index (χ2n) is 2.14. The van der Waals surface area contributed by atoms with Gasteiger partial charge in [0.2, 0.25) is 7.85 Å². The van der Waals surface area contributed by atoms with E-state index in [4.69, 9.17) is 10.00 Å². The molecule has 0 unspecified atom stereocenters. The van der Waals surface area contributed by atoms with Crippen LogP contribution in [0.3, 0.4) is 0 Å². The van der Waals surface area contributed by atoms with Crippen molar-refractivity contribution >= 4 is 7.85 Å². The molecule has 0 N–H and O–H groups in total. The molecule has 0 aromatic heterocycles. The summed E-state index contributed by atoms with van der Waals surface area (Å²) in [5, 5.41) is 7.32. The van der Waals surface area contributed by atoms with Crippen LogP contribution in [0.4, 0.5) is 0 Å². The zero-order chi connectivity index (χ0) is 7.82. The van der Waals surface area contributed by atoms with Crippen LogP contribution in [0.1, 0.15) is 0 Å². The second kappa shape index (κ2) is 6.59. The molecule has 0 aromatic rings. The summed E-state index contributed by atoms with van der Waals surface area (Å²) in [5.41, 5.74) is 0. The van der Waals surface area contributed by atoms with E-state index >= 15 is 0 Å². The Kier molecular flexibility index (Phi) is 6.25. The standard InChI is InChI=1S/C5H11NO.CH2BN/c1-6-2-4-7-5-3-6;2-1-3/h2-5H2,1H3;2H2. The van der Waals surface area contributed by atoms with E-state index in [1.807, 2.05) is 0 Å². The van der Waals surface area contributed by atoms with Gasteiger partial charge in [0, 0.05) is 13.1 Å². The van der Waals surface area contributed by atoms with Gasteiger partial charge in [0.1, 0.15) is 0 Å². The molecule has 0 bridgehead atoms. The van der Waals surface area contributed by atoms with E-state index in [0.29, 0.717) is 0 Å². The summed E-state index contributed by atoms with van der Waals surface area (Å²) >= 11 is 0. The fourth-order valence-corrected chi connectivity index (χ4v) is 0.655. The molecule has 0 amide bonds. The van der Waals surface area contributed by atoms with Crippen LogP contribution in [-0.4, -0.2) is 46.1 Å². The van der Waals surface area contributed by atoms with E-state index in [0.717, 1.165) is 26.3 Å². The lowest BCUT2D eigenvalue weighted by Crippen LogP contribution is -2.32. The first-order chi connectivity index (χ1) is 4.81. The lowest BCUT2D eigenvalue weighted by Gasteiger charge is -2.21. The highest BCUT2D eigenvalue weighted by Crippen LogP contribution is 1.89. The van der Waals surface area contributed by atoms with Crippen LogP contribution in [0.15, 0.2) is 0 Å². The third-order valence-corrected chi connectivity index (χ3v) is 1.23. The van der Waals surface area contributed by atoms with Gasteiger partial charge in [0.15, 0.2) is 0 Å². The lowest BCUT2D eigenvalue weighted by atomic mass is 10.2. The largest absolute Gasteiger partial charge is 0.379 e. The number of rotatable bonds is 0. The molecule has 1 saturated heterocycles. The zero-order valence-electron chi connectivity index (χ0n) is 6.63. The molecule has 56 valence electrons. The Hall–Kier alpha value is -0.525. The fourth-order valence-electron chi connectivity index (χ4n) is 0.655. The maximum atomic E-state index is 7.32. The highest BCUT2D eigenvalue weighted by atomic mass is 16.5. The second-order valence-corrected chi connectivity index (χ2v) is 2.14. The number of likely N-dealkylation sites (N-methyl/N-ethyl adjacent to an activating group) is 1. The molecule has 1 aliphatic heterocycles. The van der Waals surface area contributed by atoms with Gasteiger partial charge in [-0.25, -0.2) is 5.26 Å². The van der Waals surface area contributed by atoms with Crippen LogP contribution in [0.2, 0.25) is 0 Å². The van der Waals surface area contributed by atoms with Crippen molar-refractivity contribution in [2.75, 3.05) is 33.4 Å². The van der Waals surface area contributed by atoms with Gasteiger partial charge < -0.3 is 9.64 Å². The van der Waals surface area contributed by atoms with Crippen LogP contribution in [-0.2, 0) is 4.74 Å². The molecule has 1 fully saturated rings. The fraction of sp³-hybridized carbons (Fsp3) is 0.833. The predicted octanol–water partition coefficient (Wildman–Crippen LogP) is -0.951. The molecule has 0 spiro atoms. The Morgan fingerprint density at radius 3 is 2.10 bits per heavy atom. The molecule has 1 rings (SSSR count). The Labute approximate surface area is 63.0 Å². The van der Waals surface area contributed by atoms with E-state index in [-0.39, 0.29) is 0 Å². The molecule has 0 radical (unpaired) electrons. The molecule has 10 heavy (non-hydrogen) atoms. The summed E-state index contributed by atoms with van der Waals surface area (Å²) in [5.74, 6) is 1.75. The summed E-state index contributed by atoms with van der Waals surface area (Å²) in [6.07, 6.45) is 0. The first-order valence-corrected chi connectivity index (χ1v) is 3.38. The lowest BCUT2D eigenvalue weighted by molar-refractivity contribution is 0.0503. The molecule has 1 aliphatic rings. The minimum atomic E-state index is 0.913. The first kappa shape index (κ1) is 9.47. The third kappa shape index (κ3) is 5.61. The van der Waals surface area contributed by atoms with Crippen LogP contribution in [0.25, 0.3) is 0 Å². The van der Waals surface area contributed by atoms with E-state index in [1.165, 1.54) is 7.85 Å². The number of nitrogens with zero attached hydrogens (tertiary/aromatic N) is 2. The molecule has 0 atom stereocenters. The highest BCUT2D eigenvalue weighted by Gasteiger charge is 2.02. The number of hydrogen-bond acceptors (Lipinski definition) is 3. The topological polar surface area (TPSA) is 36.3 Å². The summed E-state index contributed by atoms with van der Waals surface area (Å²) < 4.78 is 5.10. The van der Waals surface area contributed by atoms with Crippen molar-refractivity contribution in [3.8, 4) is 5.97 Å². The number of hydrogen-bond donors (Lipinski definition) is 0. The van der Waals surface area contributed by atoms with E-state index in [2.05, 4.69) is 11.9 Å². The monoisotopic (exact) mass is 140 g/mol. The first-order valence-electron chi connectivity index (χ1n) is 3.38. The Morgan fingerprint density at radius 2 is 1.90 bits per heavy atom. The van der Waals surface area contributed by atoms with Crippen molar-refractivity contribution in [3.63, 3.8) is 0 Å². The van der Waals surface area contributed by atoms with Gasteiger partial charge >= 0.3 is 0 Å². The van der Waals surface area contributed by atoms with Gasteiger partial charge in [0.05, 0.1) is 13.2 Å². The molecule has 0 aromatic carbocycles. The molecular weight excluding hydrogens is 127 g/mol. The number of ether oxygens (including phenoxy) is 1. The average molecular weight is 140 g/mol. The van der Waals surface area contributed by atoms with Gasteiger partial charge in [-0.2, -0.15) is 0 Å². The van der Waals surface area contributed by atoms with Crippen molar-refractivity contribution < 1.29 is 4.74 Å². The minimum Gasteiger partial charge on any atom is -0.379 e. The van der Waals surface area contributed by atoms with Gasteiger partial charge in [-0.1, -0.05) is 0 Å². The van der Waals surface area contributed by atoms with Crippen molar-refractivity contribution in [1.82, 2.24) is 4.90 Å². The quantitative estimate of drug-likeness (QED) is 0.407. The molecule has 1 heterocycles. The maximum Gasteiger partial charge on any atom is 0.232 e. The zero-order valence-corrected chi connectivity index (χ0v) is 6.63. The predicted molar refractivity (Wildman–Crippen MR) is 42.5 cm³/mol. The molecule has 0 aliphatic carbocycles. The van der Waals surface area contributed by atoms with Gasteiger partial charge in [-0.05, 0) is 13.0 Å². The normalized spacial score (nSPS) is 18.4. The van der Waals surface area contributed by atoms with E-state index in [9.17, 15) is 0 Å². The maximum absolute atomic E-state index is 7.32. The Bertz CT molecular complexity index is 107. The smallest absolute Gasteiger partial charge is 0.232 e. The summed E-state index contributed by atoms with van der Waals surface area (Å²) in [6, 6.07) is 0. The number of morpholine rings is 1. The molecule has 3 nitrogen and oxygen atoms in total. The van der Waals surface area contributed by atoms with E-state index < -0.39 is 0 Å². The Balaban J connectivity index is 0.000000236. The van der Waals surface area contributed by atoms with Gasteiger partial charge in [-0.3, -0.25) is 0 Å². The SMILES string of the molecule is BC#N.CN1CCOCC1. The number of nitriles is 1. The van der Waals surface area contributed by atoms with Crippen LogP contribution < -0.4 is 0 Å². The minimum absolute atomic E-state index is 0.913. The highest BCUT2D eigenvalue weighted by molar-refractivity contribution is 6.20. The van der Waals surface area contributed by atoms with Crippen LogP contribution >= 0.6 is 0 Å². The molecular formula is C6H13BN2O. The summed E-state index contributed by atoms with van der Waals surface area (Å²) in [4.78, 5) is 2.27. The van der Waals surface area contributed by atoms with Crippen LogP contribution in [0, 0.1) is 11.2 Å². The third-order valence-electron chi connectivity index (χ3n) is 1.23. The van der Waals surface area contributed by atoms with E-state index in [1.54, 1.807) is 5.97 Å². The van der Waals surface area contributed by atoms with Gasteiger partial charge in [0.25, 0.3) is 0 Å². The van der Waals surface area contributed by atoms with Crippen molar-refractivity contribution in [2.45, 2.75) is 0 Å².